The Morgan fingerprint density at radius 2 is 1.81 bits per heavy atom. The lowest BCUT2D eigenvalue weighted by molar-refractivity contribution is 0.371. The number of methoxy groups -OCH3 is 2. The second kappa shape index (κ2) is 6.58. The van der Waals surface area contributed by atoms with Gasteiger partial charge in [0.1, 0.15) is 16.4 Å². The zero-order valence-electron chi connectivity index (χ0n) is 15.6. The Balaban J connectivity index is 1.76. The average Bonchev–Trinajstić information content (AvgIpc) is 2.99. The van der Waals surface area contributed by atoms with Gasteiger partial charge in [-0.15, -0.1) is 0 Å². The molecular weight excluding hydrogens is 364 g/mol. The summed E-state index contributed by atoms with van der Waals surface area (Å²) in [5, 5.41) is 1.11. The van der Waals surface area contributed by atoms with Gasteiger partial charge in [0.25, 0.3) is 0 Å². The summed E-state index contributed by atoms with van der Waals surface area (Å²) < 4.78 is 40.8. The van der Waals surface area contributed by atoms with Gasteiger partial charge in [-0.05, 0) is 23.8 Å². The maximum absolute atomic E-state index is 13.3. The van der Waals surface area contributed by atoms with Crippen molar-refractivity contribution < 1.29 is 17.9 Å². The third-order valence-electron chi connectivity index (χ3n) is 5.26. The minimum atomic E-state index is -3.69. The lowest BCUT2D eigenvalue weighted by Gasteiger charge is -2.28. The van der Waals surface area contributed by atoms with E-state index in [1.807, 2.05) is 19.2 Å². The normalized spacial score (nSPS) is 14.9. The minimum absolute atomic E-state index is 0.162. The van der Waals surface area contributed by atoms with Crippen LogP contribution in [0.4, 0.5) is 0 Å². The highest BCUT2D eigenvalue weighted by Gasteiger charge is 2.33. The molecule has 27 heavy (non-hydrogen) atoms. The summed E-state index contributed by atoms with van der Waals surface area (Å²) in [6, 6.07) is 12.9. The van der Waals surface area contributed by atoms with Crippen molar-refractivity contribution in [3.63, 3.8) is 0 Å². The van der Waals surface area contributed by atoms with Crippen LogP contribution in [0.15, 0.2) is 47.4 Å². The molecule has 7 heteroatoms. The van der Waals surface area contributed by atoms with Crippen molar-refractivity contribution in [3.8, 4) is 11.5 Å². The molecule has 0 fully saturated rings. The standard InChI is InChI=1S/C20H22N2O4S/c1-21-17-7-5-4-6-15(17)16-13-22(11-10-18(16)21)27(23,24)20-9-8-14(25-2)12-19(20)26-3/h4-9,12H,10-11,13H2,1-3H3. The average molecular weight is 386 g/mol. The number of aryl methyl sites for hydroxylation is 1. The number of hydrogen-bond donors (Lipinski definition) is 0. The third-order valence-corrected chi connectivity index (χ3v) is 7.15. The Morgan fingerprint density at radius 3 is 2.56 bits per heavy atom. The minimum Gasteiger partial charge on any atom is -0.497 e. The number of aromatic nitrogens is 1. The summed E-state index contributed by atoms with van der Waals surface area (Å²) in [5.74, 6) is 0.846. The van der Waals surface area contributed by atoms with Crippen LogP contribution in [0.3, 0.4) is 0 Å². The van der Waals surface area contributed by atoms with Crippen molar-refractivity contribution in [3.05, 3.63) is 53.7 Å². The van der Waals surface area contributed by atoms with Crippen molar-refractivity contribution in [2.75, 3.05) is 20.8 Å². The third kappa shape index (κ3) is 2.78. The summed E-state index contributed by atoms with van der Waals surface area (Å²) in [6.45, 7) is 0.795. The molecule has 2 heterocycles. The van der Waals surface area contributed by atoms with Crippen LogP contribution in [0, 0.1) is 0 Å². The predicted molar refractivity (Wildman–Crippen MR) is 104 cm³/mol. The summed E-state index contributed by atoms with van der Waals surface area (Å²) in [4.78, 5) is 0.162. The Labute approximate surface area is 159 Å². The van der Waals surface area contributed by atoms with Gasteiger partial charge < -0.3 is 14.0 Å². The maximum Gasteiger partial charge on any atom is 0.247 e. The first kappa shape index (κ1) is 17.9. The van der Waals surface area contributed by atoms with Crippen LogP contribution in [-0.2, 0) is 30.0 Å². The van der Waals surface area contributed by atoms with E-state index in [0.29, 0.717) is 25.3 Å². The van der Waals surface area contributed by atoms with E-state index in [2.05, 4.69) is 16.7 Å². The highest BCUT2D eigenvalue weighted by molar-refractivity contribution is 7.89. The molecule has 0 amide bonds. The van der Waals surface area contributed by atoms with E-state index in [-0.39, 0.29) is 10.6 Å². The molecule has 0 saturated heterocycles. The van der Waals surface area contributed by atoms with Crippen LogP contribution in [0.25, 0.3) is 10.9 Å². The number of sulfonamides is 1. The Bertz CT molecular complexity index is 1120. The fraction of sp³-hybridized carbons (Fsp3) is 0.300. The number of benzene rings is 2. The molecule has 3 aromatic rings. The van der Waals surface area contributed by atoms with Crippen molar-refractivity contribution in [1.82, 2.24) is 8.87 Å². The first-order valence-electron chi connectivity index (χ1n) is 8.74. The summed E-state index contributed by atoms with van der Waals surface area (Å²) in [6.07, 6.45) is 0.679. The first-order chi connectivity index (χ1) is 13.0. The van der Waals surface area contributed by atoms with Gasteiger partial charge in [0.05, 0.1) is 14.2 Å². The van der Waals surface area contributed by atoms with Gasteiger partial charge >= 0.3 is 0 Å². The molecule has 4 rings (SSSR count). The first-order valence-corrected chi connectivity index (χ1v) is 10.2. The van der Waals surface area contributed by atoms with Crippen LogP contribution < -0.4 is 9.47 Å². The van der Waals surface area contributed by atoms with Crippen molar-refractivity contribution in [2.24, 2.45) is 7.05 Å². The van der Waals surface area contributed by atoms with Crippen LogP contribution in [-0.4, -0.2) is 38.1 Å². The van der Waals surface area contributed by atoms with E-state index in [4.69, 9.17) is 9.47 Å². The van der Waals surface area contributed by atoms with Crippen molar-refractivity contribution in [2.45, 2.75) is 17.9 Å². The molecule has 0 saturated carbocycles. The number of para-hydroxylation sites is 1. The van der Waals surface area contributed by atoms with Gasteiger partial charge in [-0.1, -0.05) is 18.2 Å². The van der Waals surface area contributed by atoms with Crippen LogP contribution >= 0.6 is 0 Å². The molecule has 0 atom stereocenters. The second-order valence-corrected chi connectivity index (χ2v) is 8.51. The lowest BCUT2D eigenvalue weighted by Crippen LogP contribution is -2.36. The fourth-order valence-corrected chi connectivity index (χ4v) is 5.38. The predicted octanol–water partition coefficient (Wildman–Crippen LogP) is 2.94. The molecular formula is C20H22N2O4S. The zero-order valence-corrected chi connectivity index (χ0v) is 16.4. The number of nitrogens with zero attached hydrogens (tertiary/aromatic N) is 2. The van der Waals surface area contributed by atoms with E-state index in [1.165, 1.54) is 24.2 Å². The van der Waals surface area contributed by atoms with E-state index >= 15 is 0 Å². The number of hydrogen-bond acceptors (Lipinski definition) is 4. The Morgan fingerprint density at radius 1 is 1.04 bits per heavy atom. The quantitative estimate of drug-likeness (QED) is 0.692. The van der Waals surface area contributed by atoms with Gasteiger partial charge in [-0.3, -0.25) is 0 Å². The SMILES string of the molecule is COc1ccc(S(=O)(=O)N2CCc3c(c4ccccc4n3C)C2)c(OC)c1. The number of rotatable bonds is 4. The molecule has 0 spiro atoms. The van der Waals surface area contributed by atoms with Gasteiger partial charge in [-0.2, -0.15) is 4.31 Å². The second-order valence-electron chi connectivity index (χ2n) is 6.61. The molecule has 0 bridgehead atoms. The van der Waals surface area contributed by atoms with Gasteiger partial charge in [0, 0.05) is 49.2 Å². The molecule has 1 aromatic heterocycles. The van der Waals surface area contributed by atoms with Gasteiger partial charge in [0.15, 0.2) is 0 Å². The molecule has 6 nitrogen and oxygen atoms in total. The summed E-state index contributed by atoms with van der Waals surface area (Å²) in [5.41, 5.74) is 3.41. The van der Waals surface area contributed by atoms with Crippen LogP contribution in [0.5, 0.6) is 11.5 Å². The monoisotopic (exact) mass is 386 g/mol. The number of ether oxygens (including phenoxy) is 2. The van der Waals surface area contributed by atoms with E-state index in [9.17, 15) is 8.42 Å². The summed E-state index contributed by atoms with van der Waals surface area (Å²) in [7, 11) is 1.35. The van der Waals surface area contributed by atoms with Gasteiger partial charge in [0.2, 0.25) is 10.0 Å². The van der Waals surface area contributed by atoms with Crippen LogP contribution in [0.1, 0.15) is 11.3 Å². The molecule has 0 N–H and O–H groups in total. The Hall–Kier alpha value is -2.51. The molecule has 0 aliphatic carbocycles. The van der Waals surface area contributed by atoms with Crippen LogP contribution in [0.2, 0.25) is 0 Å². The Kier molecular flexibility index (Phi) is 4.36. The molecule has 0 radical (unpaired) electrons. The van der Waals surface area contributed by atoms with Crippen molar-refractivity contribution in [1.29, 1.82) is 0 Å². The molecule has 142 valence electrons. The number of fused-ring (bicyclic) bond motifs is 3. The van der Waals surface area contributed by atoms with Crippen molar-refractivity contribution >= 4 is 20.9 Å². The van der Waals surface area contributed by atoms with E-state index in [0.717, 1.165) is 16.5 Å². The largest absolute Gasteiger partial charge is 0.497 e. The smallest absolute Gasteiger partial charge is 0.247 e. The molecule has 0 unspecified atom stereocenters. The lowest BCUT2D eigenvalue weighted by atomic mass is 10.1. The van der Waals surface area contributed by atoms with E-state index < -0.39 is 10.0 Å². The molecule has 1 aliphatic heterocycles. The van der Waals surface area contributed by atoms with Gasteiger partial charge in [-0.25, -0.2) is 8.42 Å². The highest BCUT2D eigenvalue weighted by Crippen LogP contribution is 2.35. The van der Waals surface area contributed by atoms with E-state index in [1.54, 1.807) is 18.2 Å². The topological polar surface area (TPSA) is 60.8 Å². The highest BCUT2D eigenvalue weighted by atomic mass is 32.2. The summed E-state index contributed by atoms with van der Waals surface area (Å²) >= 11 is 0. The maximum atomic E-state index is 13.3. The molecule has 2 aromatic carbocycles. The fourth-order valence-electron chi connectivity index (χ4n) is 3.84. The molecule has 1 aliphatic rings. The zero-order chi connectivity index (χ0) is 19.2.